The topological polar surface area (TPSA) is 96.0 Å². The predicted octanol–water partition coefficient (Wildman–Crippen LogP) is 1.24. The van der Waals surface area contributed by atoms with Gasteiger partial charge in [0.25, 0.3) is 11.8 Å². The summed E-state index contributed by atoms with van der Waals surface area (Å²) in [4.78, 5) is 50.8. The number of carbonyl (C=O) groups is 4. The van der Waals surface area contributed by atoms with Crippen molar-refractivity contribution >= 4 is 34.6 Å². The highest BCUT2D eigenvalue weighted by Crippen LogP contribution is 2.30. The van der Waals surface area contributed by atoms with Crippen LogP contribution in [0.15, 0.2) is 42.5 Å². The molecular weight excluding hydrogens is 362 g/mol. The van der Waals surface area contributed by atoms with Gasteiger partial charge in [0.15, 0.2) is 6.61 Å². The molecule has 2 aromatic carbocycles. The highest BCUT2D eigenvalue weighted by atomic mass is 16.5. The number of imide groups is 1. The van der Waals surface area contributed by atoms with E-state index in [9.17, 15) is 19.2 Å². The summed E-state index contributed by atoms with van der Waals surface area (Å²) in [5.74, 6) is -1.78. The Balaban J connectivity index is 1.76. The number of hydrogen-bond donors (Lipinski definition) is 1. The van der Waals surface area contributed by atoms with Gasteiger partial charge in [-0.05, 0) is 29.3 Å². The summed E-state index contributed by atoms with van der Waals surface area (Å²) in [6.07, 6.45) is 0. The van der Waals surface area contributed by atoms with E-state index in [1.54, 1.807) is 13.0 Å². The van der Waals surface area contributed by atoms with Crippen LogP contribution in [0.5, 0.6) is 0 Å². The number of amides is 4. The van der Waals surface area contributed by atoms with E-state index in [1.807, 2.05) is 36.4 Å². The summed E-state index contributed by atoms with van der Waals surface area (Å²) in [5, 5.41) is 4.60. The molecule has 0 saturated carbocycles. The standard InChI is InChI=1S/C20H21N3O5/c1-20(15-9-8-13-6-4-5-7-14(13)10-15)18(26)23(19(27)21-20)11-17(25)28-12-16(24)22(2)3/h4-10H,11-12H2,1-3H3,(H,21,27)/t20-/m1/s1. The minimum Gasteiger partial charge on any atom is -0.454 e. The average Bonchev–Trinajstić information content (AvgIpc) is 2.89. The van der Waals surface area contributed by atoms with Gasteiger partial charge < -0.3 is 15.0 Å². The molecule has 28 heavy (non-hydrogen) atoms. The van der Waals surface area contributed by atoms with Crippen molar-refractivity contribution in [2.24, 2.45) is 0 Å². The largest absolute Gasteiger partial charge is 0.454 e. The molecule has 3 rings (SSSR count). The van der Waals surface area contributed by atoms with Crippen LogP contribution >= 0.6 is 0 Å². The molecular formula is C20H21N3O5. The maximum atomic E-state index is 12.9. The SMILES string of the molecule is CN(C)C(=O)COC(=O)CN1C(=O)N[C@](C)(c2ccc3ccccc3c2)C1=O. The lowest BCUT2D eigenvalue weighted by Gasteiger charge is -2.22. The predicted molar refractivity (Wildman–Crippen MR) is 101 cm³/mol. The minimum atomic E-state index is -1.29. The molecule has 146 valence electrons. The van der Waals surface area contributed by atoms with Crippen LogP contribution < -0.4 is 5.32 Å². The van der Waals surface area contributed by atoms with Crippen LogP contribution in [0.2, 0.25) is 0 Å². The molecule has 1 heterocycles. The van der Waals surface area contributed by atoms with Gasteiger partial charge in [0.1, 0.15) is 12.1 Å². The zero-order chi connectivity index (χ0) is 20.5. The molecule has 0 aliphatic carbocycles. The van der Waals surface area contributed by atoms with Crippen molar-refractivity contribution in [1.82, 2.24) is 15.1 Å². The van der Waals surface area contributed by atoms with E-state index >= 15 is 0 Å². The Morgan fingerprint density at radius 1 is 1.11 bits per heavy atom. The molecule has 8 nitrogen and oxygen atoms in total. The number of carbonyl (C=O) groups excluding carboxylic acids is 4. The van der Waals surface area contributed by atoms with Crippen molar-refractivity contribution in [2.45, 2.75) is 12.5 Å². The molecule has 1 aliphatic heterocycles. The summed E-state index contributed by atoms with van der Waals surface area (Å²) in [7, 11) is 3.06. The average molecular weight is 383 g/mol. The van der Waals surface area contributed by atoms with Crippen molar-refractivity contribution in [3.05, 3.63) is 48.0 Å². The maximum Gasteiger partial charge on any atom is 0.326 e. The van der Waals surface area contributed by atoms with E-state index in [2.05, 4.69) is 5.32 Å². The Labute approximate surface area is 162 Å². The Morgan fingerprint density at radius 3 is 2.46 bits per heavy atom. The van der Waals surface area contributed by atoms with E-state index in [0.717, 1.165) is 15.7 Å². The summed E-state index contributed by atoms with van der Waals surface area (Å²) in [5.41, 5.74) is -0.677. The van der Waals surface area contributed by atoms with Gasteiger partial charge in [0.2, 0.25) is 0 Å². The Morgan fingerprint density at radius 2 is 1.79 bits per heavy atom. The second kappa shape index (κ2) is 7.30. The fourth-order valence-corrected chi connectivity index (χ4v) is 2.98. The summed E-state index contributed by atoms with van der Waals surface area (Å²) < 4.78 is 4.85. The van der Waals surface area contributed by atoms with E-state index in [-0.39, 0.29) is 0 Å². The zero-order valence-corrected chi connectivity index (χ0v) is 15.9. The summed E-state index contributed by atoms with van der Waals surface area (Å²) >= 11 is 0. The smallest absolute Gasteiger partial charge is 0.326 e. The van der Waals surface area contributed by atoms with Crippen molar-refractivity contribution in [3.8, 4) is 0 Å². The lowest BCUT2D eigenvalue weighted by molar-refractivity contribution is -0.153. The van der Waals surface area contributed by atoms with Crippen molar-refractivity contribution < 1.29 is 23.9 Å². The van der Waals surface area contributed by atoms with E-state index in [0.29, 0.717) is 5.56 Å². The van der Waals surface area contributed by atoms with Gasteiger partial charge in [-0.3, -0.25) is 19.3 Å². The zero-order valence-electron chi connectivity index (χ0n) is 15.9. The third-order valence-electron chi connectivity index (χ3n) is 4.74. The number of fused-ring (bicyclic) bond motifs is 1. The van der Waals surface area contributed by atoms with Crippen molar-refractivity contribution in [1.29, 1.82) is 0 Å². The van der Waals surface area contributed by atoms with Gasteiger partial charge in [0, 0.05) is 14.1 Å². The first kappa shape index (κ1) is 19.3. The molecule has 0 unspecified atom stereocenters. The molecule has 1 saturated heterocycles. The van der Waals surface area contributed by atoms with Crippen LogP contribution in [0, 0.1) is 0 Å². The van der Waals surface area contributed by atoms with Gasteiger partial charge in [0.05, 0.1) is 0 Å². The van der Waals surface area contributed by atoms with Crippen LogP contribution in [-0.4, -0.2) is 60.9 Å². The van der Waals surface area contributed by atoms with Crippen molar-refractivity contribution in [3.63, 3.8) is 0 Å². The molecule has 0 radical (unpaired) electrons. The third kappa shape index (κ3) is 3.53. The number of esters is 1. The molecule has 0 aromatic heterocycles. The van der Waals surface area contributed by atoms with Crippen LogP contribution in [0.1, 0.15) is 12.5 Å². The number of likely N-dealkylation sites (N-methyl/N-ethyl adjacent to an activating group) is 1. The first-order valence-electron chi connectivity index (χ1n) is 8.71. The molecule has 2 aromatic rings. The van der Waals surface area contributed by atoms with E-state index < -0.39 is 42.5 Å². The fourth-order valence-electron chi connectivity index (χ4n) is 2.98. The Kier molecular flexibility index (Phi) is 5.04. The highest BCUT2D eigenvalue weighted by molar-refractivity contribution is 6.09. The molecule has 1 atom stereocenters. The molecule has 1 fully saturated rings. The number of benzene rings is 2. The Bertz CT molecular complexity index is 971. The fraction of sp³-hybridized carbons (Fsp3) is 0.300. The Hall–Kier alpha value is -3.42. The van der Waals surface area contributed by atoms with E-state index in [4.69, 9.17) is 4.74 Å². The molecule has 0 spiro atoms. The van der Waals surface area contributed by atoms with Crippen molar-refractivity contribution in [2.75, 3.05) is 27.2 Å². The lowest BCUT2D eigenvalue weighted by Crippen LogP contribution is -2.42. The molecule has 0 bridgehead atoms. The van der Waals surface area contributed by atoms with Gasteiger partial charge >= 0.3 is 12.0 Å². The first-order valence-corrected chi connectivity index (χ1v) is 8.71. The first-order chi connectivity index (χ1) is 13.2. The number of hydrogen-bond acceptors (Lipinski definition) is 5. The molecule has 4 amide bonds. The van der Waals surface area contributed by atoms with Gasteiger partial charge in [-0.15, -0.1) is 0 Å². The highest BCUT2D eigenvalue weighted by Gasteiger charge is 2.49. The number of ether oxygens (including phenoxy) is 1. The van der Waals surface area contributed by atoms with Gasteiger partial charge in [-0.1, -0.05) is 36.4 Å². The van der Waals surface area contributed by atoms with Crippen LogP contribution in [0.3, 0.4) is 0 Å². The quantitative estimate of drug-likeness (QED) is 0.619. The number of nitrogens with one attached hydrogen (secondary N) is 1. The number of urea groups is 1. The summed E-state index contributed by atoms with van der Waals surface area (Å²) in [6, 6.07) is 12.5. The van der Waals surface area contributed by atoms with Crippen LogP contribution in [0.25, 0.3) is 10.8 Å². The molecule has 8 heteroatoms. The van der Waals surface area contributed by atoms with Crippen LogP contribution in [0.4, 0.5) is 4.79 Å². The second-order valence-corrected chi connectivity index (χ2v) is 6.96. The second-order valence-electron chi connectivity index (χ2n) is 6.96. The molecule has 1 N–H and O–H groups in total. The van der Waals surface area contributed by atoms with Gasteiger partial charge in [-0.25, -0.2) is 4.79 Å². The van der Waals surface area contributed by atoms with Crippen LogP contribution in [-0.2, 0) is 24.7 Å². The number of rotatable bonds is 5. The number of nitrogens with zero attached hydrogens (tertiary/aromatic N) is 2. The molecule has 1 aliphatic rings. The summed E-state index contributed by atoms with van der Waals surface area (Å²) in [6.45, 7) is 0.588. The maximum absolute atomic E-state index is 12.9. The monoisotopic (exact) mass is 383 g/mol. The minimum absolute atomic E-state index is 0.397. The van der Waals surface area contributed by atoms with Gasteiger partial charge in [-0.2, -0.15) is 0 Å². The lowest BCUT2D eigenvalue weighted by atomic mass is 9.90. The normalized spacial score (nSPS) is 18.9. The third-order valence-corrected chi connectivity index (χ3v) is 4.74. The van der Waals surface area contributed by atoms with E-state index in [1.165, 1.54) is 19.0 Å².